The molecular formula is C5H12N8O5. The Labute approximate surface area is 100 Å². The lowest BCUT2D eigenvalue weighted by Crippen LogP contribution is -2.38. The summed E-state index contributed by atoms with van der Waals surface area (Å²) in [6.45, 7) is 1.82. The van der Waals surface area contributed by atoms with Crippen molar-refractivity contribution in [1.82, 2.24) is 15.4 Å². The van der Waals surface area contributed by atoms with E-state index in [0.29, 0.717) is 10.0 Å². The van der Waals surface area contributed by atoms with Gasteiger partial charge in [0.2, 0.25) is 0 Å². The molecule has 0 bridgehead atoms. The number of carbonyl (C=O) groups excluding carboxylic acids is 1. The molecule has 0 spiro atoms. The van der Waals surface area contributed by atoms with Gasteiger partial charge in [-0.05, 0) is 6.92 Å². The first-order chi connectivity index (χ1) is 8.29. The fourth-order valence-corrected chi connectivity index (χ4v) is 0.453. The van der Waals surface area contributed by atoms with Crippen molar-refractivity contribution in [3.8, 4) is 0 Å². The second kappa shape index (κ2) is 9.37. The Hall–Kier alpha value is -2.86. The first kappa shape index (κ1) is 17.5. The molecule has 2 amide bonds. The van der Waals surface area contributed by atoms with Crippen LogP contribution in [0.1, 0.15) is 6.92 Å². The Kier molecular flexibility index (Phi) is 9.13. The summed E-state index contributed by atoms with van der Waals surface area (Å²) in [6.07, 6.45) is 0. The molecule has 0 aliphatic heterocycles. The first-order valence-electron chi connectivity index (χ1n) is 4.26. The van der Waals surface area contributed by atoms with Gasteiger partial charge in [0.1, 0.15) is 0 Å². The van der Waals surface area contributed by atoms with Crippen LogP contribution < -0.4 is 11.2 Å². The van der Waals surface area contributed by atoms with Gasteiger partial charge in [0.05, 0.1) is 10.6 Å². The number of nitrogens with one attached hydrogen (secondary N) is 2. The monoisotopic (exact) mass is 264 g/mol. The molecule has 0 aromatic rings. The fourth-order valence-electron chi connectivity index (χ4n) is 0.453. The van der Waals surface area contributed by atoms with E-state index >= 15 is 0 Å². The van der Waals surface area contributed by atoms with Gasteiger partial charge in [0, 0.05) is 13.6 Å². The molecule has 0 rings (SSSR count). The normalized spacial score (nSPS) is 8.11. The summed E-state index contributed by atoms with van der Waals surface area (Å²) in [4.78, 5) is 38.8. The summed E-state index contributed by atoms with van der Waals surface area (Å²) in [6, 6.07) is -0.817. The van der Waals surface area contributed by atoms with Gasteiger partial charge < -0.3 is 5.73 Å². The van der Waals surface area contributed by atoms with Gasteiger partial charge in [0.15, 0.2) is 5.03 Å². The topological polar surface area (TPSA) is 187 Å². The van der Waals surface area contributed by atoms with Crippen LogP contribution in [0.2, 0.25) is 0 Å². The van der Waals surface area contributed by atoms with E-state index in [-0.39, 0.29) is 6.54 Å². The Morgan fingerprint density at radius 1 is 1.50 bits per heavy atom. The molecule has 13 heteroatoms. The number of nitrogens with zero attached hydrogens (tertiary/aromatic N) is 5. The highest BCUT2D eigenvalue weighted by Crippen LogP contribution is 1.83. The van der Waals surface area contributed by atoms with Crippen LogP contribution in [0.3, 0.4) is 0 Å². The highest BCUT2D eigenvalue weighted by molar-refractivity contribution is 5.74. The molecule has 0 aromatic heterocycles. The molecule has 0 saturated carbocycles. The van der Waals surface area contributed by atoms with E-state index in [9.17, 15) is 24.7 Å². The zero-order chi connectivity index (χ0) is 14.7. The Balaban J connectivity index is 0. The number of guanidine groups is 1. The number of nitro groups is 1. The van der Waals surface area contributed by atoms with E-state index in [4.69, 9.17) is 5.41 Å². The number of hydrazine groups is 1. The van der Waals surface area contributed by atoms with Crippen molar-refractivity contribution in [2.24, 2.45) is 16.3 Å². The van der Waals surface area contributed by atoms with Crippen LogP contribution in [0.25, 0.3) is 0 Å². The molecule has 18 heavy (non-hydrogen) atoms. The molecular weight excluding hydrogens is 252 g/mol. The molecule has 4 N–H and O–H groups in total. The minimum atomic E-state index is -0.954. The third-order valence-corrected chi connectivity index (χ3v) is 1.30. The number of carbonyl (C=O) groups is 1. The lowest BCUT2D eigenvalue weighted by molar-refractivity contribution is -0.526. The molecule has 0 aromatic carbocycles. The maximum Gasteiger partial charge on any atom is 0.337 e. The van der Waals surface area contributed by atoms with Gasteiger partial charge in [-0.1, -0.05) is 5.43 Å². The van der Waals surface area contributed by atoms with Crippen LogP contribution in [0.4, 0.5) is 4.79 Å². The van der Waals surface area contributed by atoms with Gasteiger partial charge in [-0.2, -0.15) is 10.0 Å². The van der Waals surface area contributed by atoms with E-state index < -0.39 is 17.0 Å². The third-order valence-electron chi connectivity index (χ3n) is 1.30. The smallest absolute Gasteiger partial charge is 0.337 e. The second-order valence-electron chi connectivity index (χ2n) is 2.46. The Morgan fingerprint density at radius 2 is 2.00 bits per heavy atom. The van der Waals surface area contributed by atoms with Gasteiger partial charge in [-0.25, -0.2) is 14.9 Å². The van der Waals surface area contributed by atoms with Gasteiger partial charge in [0.25, 0.3) is 5.96 Å². The lowest BCUT2D eigenvalue weighted by Gasteiger charge is -2.04. The van der Waals surface area contributed by atoms with E-state index in [1.807, 2.05) is 0 Å². The largest absolute Gasteiger partial charge is 0.350 e. The van der Waals surface area contributed by atoms with Crippen LogP contribution >= 0.6 is 0 Å². The van der Waals surface area contributed by atoms with Gasteiger partial charge >= 0.3 is 6.03 Å². The van der Waals surface area contributed by atoms with Crippen LogP contribution in [0.15, 0.2) is 10.6 Å². The standard InChI is InChI=1S/C3H7N3O2.C2H5N5O3/c1-2-6(5-8)3(4)7;1-6(5-8)2(3)4-7(9)10/h2H2,1H3,(H2,4,7);1H3,(H2,3,4). The van der Waals surface area contributed by atoms with Crippen LogP contribution in [0, 0.1) is 25.3 Å². The van der Waals surface area contributed by atoms with E-state index in [2.05, 4.69) is 16.3 Å². The maximum absolute atomic E-state index is 10.0. The first-order valence-corrected chi connectivity index (χ1v) is 4.26. The number of hydrogen-bond acceptors (Lipinski definition) is 8. The van der Waals surface area contributed by atoms with Crippen molar-refractivity contribution in [1.29, 1.82) is 5.41 Å². The Bertz CT molecular complexity index is 332. The number of amides is 2. The molecule has 102 valence electrons. The van der Waals surface area contributed by atoms with Crippen molar-refractivity contribution >= 4 is 12.0 Å². The fraction of sp³-hybridized carbons (Fsp3) is 0.600. The molecule has 0 fully saturated rings. The second-order valence-corrected chi connectivity index (χ2v) is 2.46. The van der Waals surface area contributed by atoms with E-state index in [1.165, 1.54) is 5.43 Å². The lowest BCUT2D eigenvalue weighted by atomic mass is 10.7. The summed E-state index contributed by atoms with van der Waals surface area (Å²) in [5.41, 5.74) is 6.08. The number of rotatable bonds is 4. The summed E-state index contributed by atoms with van der Waals surface area (Å²) in [7, 11) is 1.12. The summed E-state index contributed by atoms with van der Waals surface area (Å²) >= 11 is 0. The number of primary amides is 1. The molecule has 0 heterocycles. The number of urea groups is 1. The predicted molar refractivity (Wildman–Crippen MR) is 59.2 cm³/mol. The predicted octanol–water partition coefficient (Wildman–Crippen LogP) is -0.616. The molecule has 0 atom stereocenters. The SMILES string of the molecule is CCN(N=O)C(N)=O.CN(N=O)C(=N)N[N+](=O)[O-]. The molecule has 0 radical (unpaired) electrons. The van der Waals surface area contributed by atoms with E-state index in [1.54, 1.807) is 6.92 Å². The molecule has 0 aliphatic carbocycles. The molecule has 0 saturated heterocycles. The van der Waals surface area contributed by atoms with Crippen molar-refractivity contribution in [3.05, 3.63) is 19.9 Å². The van der Waals surface area contributed by atoms with Crippen LogP contribution in [-0.4, -0.2) is 40.6 Å². The van der Waals surface area contributed by atoms with Crippen molar-refractivity contribution in [2.45, 2.75) is 6.92 Å². The molecule has 0 unspecified atom stereocenters. The minimum Gasteiger partial charge on any atom is -0.350 e. The molecule has 13 nitrogen and oxygen atoms in total. The zero-order valence-electron chi connectivity index (χ0n) is 9.56. The van der Waals surface area contributed by atoms with Crippen molar-refractivity contribution in [2.75, 3.05) is 13.6 Å². The highest BCUT2D eigenvalue weighted by atomic mass is 16.7. The Morgan fingerprint density at radius 3 is 2.17 bits per heavy atom. The molecule has 0 aliphatic rings. The number of hydrogen-bond donors (Lipinski definition) is 3. The van der Waals surface area contributed by atoms with Crippen molar-refractivity contribution in [3.63, 3.8) is 0 Å². The van der Waals surface area contributed by atoms with Crippen LogP contribution in [-0.2, 0) is 0 Å². The average molecular weight is 264 g/mol. The van der Waals surface area contributed by atoms with Gasteiger partial charge in [-0.15, -0.1) is 9.81 Å². The summed E-state index contributed by atoms with van der Waals surface area (Å²) in [5, 5.41) is 21.0. The highest BCUT2D eigenvalue weighted by Gasteiger charge is 2.07. The number of nitroso groups, excluding NO2 is 2. The quantitative estimate of drug-likeness (QED) is 0.198. The average Bonchev–Trinajstić information content (AvgIpc) is 2.29. The summed E-state index contributed by atoms with van der Waals surface area (Å²) in [5.74, 6) is -0.681. The summed E-state index contributed by atoms with van der Waals surface area (Å²) < 4.78 is 0. The minimum absolute atomic E-state index is 0.221. The van der Waals surface area contributed by atoms with Crippen LogP contribution in [0.5, 0.6) is 0 Å². The van der Waals surface area contributed by atoms with E-state index in [0.717, 1.165) is 7.05 Å². The van der Waals surface area contributed by atoms with Crippen molar-refractivity contribution < 1.29 is 9.83 Å². The zero-order valence-corrected chi connectivity index (χ0v) is 9.56. The maximum atomic E-state index is 10.0. The third kappa shape index (κ3) is 8.45. The van der Waals surface area contributed by atoms with Gasteiger partial charge in [-0.3, -0.25) is 5.41 Å². The number of nitrogens with two attached hydrogens (primary N) is 1.